The Labute approximate surface area is 161 Å². The molecule has 1 aromatic carbocycles. The molecule has 6 heteroatoms. The Morgan fingerprint density at radius 1 is 1.27 bits per heavy atom. The number of unbranched alkanes of at least 4 members (excludes halogenated alkanes) is 1. The zero-order valence-electron chi connectivity index (χ0n) is 16.0. The van der Waals surface area contributed by atoms with Crippen molar-refractivity contribution in [2.45, 2.75) is 38.0 Å². The second-order valence-corrected chi connectivity index (χ2v) is 7.71. The number of hydrogen-bond acceptors (Lipinski definition) is 3. The number of hydrogen-bond donors (Lipinski definition) is 2. The highest BCUT2D eigenvalue weighted by Gasteiger charge is 2.34. The summed E-state index contributed by atoms with van der Waals surface area (Å²) in [5, 5.41) is 6.75. The third-order valence-electron chi connectivity index (χ3n) is 4.84. The third-order valence-corrected chi connectivity index (χ3v) is 5.54. The molecular weight excluding hydrogens is 349 g/mol. The third kappa shape index (κ3) is 6.47. The Bertz CT molecular complexity index is 562. The first-order valence-corrected chi connectivity index (χ1v) is 10.9. The number of halogens is 1. The van der Waals surface area contributed by atoms with E-state index in [9.17, 15) is 4.39 Å². The van der Waals surface area contributed by atoms with Gasteiger partial charge in [0.25, 0.3) is 0 Å². The Kier molecular flexibility index (Phi) is 9.26. The van der Waals surface area contributed by atoms with Crippen LogP contribution in [0.1, 0.15) is 38.2 Å². The van der Waals surface area contributed by atoms with E-state index in [1.165, 1.54) is 18.2 Å². The van der Waals surface area contributed by atoms with Crippen molar-refractivity contribution >= 4 is 17.7 Å². The largest absolute Gasteiger partial charge is 0.381 e. The van der Waals surface area contributed by atoms with E-state index in [1.54, 1.807) is 12.1 Å². The van der Waals surface area contributed by atoms with Crippen molar-refractivity contribution in [3.05, 3.63) is 35.6 Å². The van der Waals surface area contributed by atoms with Crippen molar-refractivity contribution in [3.63, 3.8) is 0 Å². The van der Waals surface area contributed by atoms with Gasteiger partial charge in [0, 0.05) is 31.7 Å². The smallest absolute Gasteiger partial charge is 0.191 e. The van der Waals surface area contributed by atoms with E-state index < -0.39 is 0 Å². The monoisotopic (exact) mass is 381 g/mol. The molecule has 1 aliphatic heterocycles. The summed E-state index contributed by atoms with van der Waals surface area (Å²) >= 11 is 1.88. The lowest BCUT2D eigenvalue weighted by Gasteiger charge is -2.36. The minimum atomic E-state index is -0.184. The van der Waals surface area contributed by atoms with Crippen molar-refractivity contribution in [1.29, 1.82) is 0 Å². The molecule has 2 rings (SSSR count). The van der Waals surface area contributed by atoms with Crippen LogP contribution in [0.5, 0.6) is 0 Å². The van der Waals surface area contributed by atoms with Crippen LogP contribution in [0.2, 0.25) is 0 Å². The summed E-state index contributed by atoms with van der Waals surface area (Å²) in [4.78, 5) is 4.84. The summed E-state index contributed by atoms with van der Waals surface area (Å²) in [6, 6.07) is 6.97. The Balaban J connectivity index is 2.06. The van der Waals surface area contributed by atoms with Gasteiger partial charge in [0.05, 0.1) is 6.54 Å². The molecule has 146 valence electrons. The van der Waals surface area contributed by atoms with Gasteiger partial charge in [-0.15, -0.1) is 0 Å². The Morgan fingerprint density at radius 3 is 2.77 bits per heavy atom. The summed E-state index contributed by atoms with van der Waals surface area (Å²) in [6.07, 6.45) is 6.21. The highest BCUT2D eigenvalue weighted by atomic mass is 32.2. The molecule has 0 atom stereocenters. The molecule has 0 saturated carbocycles. The van der Waals surface area contributed by atoms with Crippen molar-refractivity contribution in [2.75, 3.05) is 44.9 Å². The van der Waals surface area contributed by atoms with E-state index in [1.807, 2.05) is 17.8 Å². The lowest BCUT2D eigenvalue weighted by molar-refractivity contribution is 0.0530. The molecule has 26 heavy (non-hydrogen) atoms. The standard InChI is InChI=1S/C20H32FN3OS/c1-3-22-19(23-11-4-5-14-26-2)24-16-20(9-12-25-13-10-20)17-7-6-8-18(21)15-17/h6-8,15H,3-5,9-14,16H2,1-2H3,(H2,22,23,24). The molecule has 1 aliphatic rings. The van der Waals surface area contributed by atoms with Gasteiger partial charge in [-0.2, -0.15) is 11.8 Å². The maximum atomic E-state index is 13.8. The lowest BCUT2D eigenvalue weighted by Crippen LogP contribution is -2.41. The number of aliphatic imine (C=N–C) groups is 1. The van der Waals surface area contributed by atoms with Crippen molar-refractivity contribution < 1.29 is 9.13 Å². The SMILES string of the molecule is CCNC(=NCC1(c2cccc(F)c2)CCOCC1)NCCCCSC. The molecule has 1 aromatic rings. The maximum Gasteiger partial charge on any atom is 0.191 e. The number of nitrogens with zero attached hydrogens (tertiary/aromatic N) is 1. The summed E-state index contributed by atoms with van der Waals surface area (Å²) < 4.78 is 19.3. The second-order valence-electron chi connectivity index (χ2n) is 6.72. The van der Waals surface area contributed by atoms with E-state index >= 15 is 0 Å². The van der Waals surface area contributed by atoms with Gasteiger partial charge in [-0.25, -0.2) is 4.39 Å². The molecule has 2 N–H and O–H groups in total. The Morgan fingerprint density at radius 2 is 2.08 bits per heavy atom. The molecule has 0 aliphatic carbocycles. The van der Waals surface area contributed by atoms with Crippen molar-refractivity contribution in [2.24, 2.45) is 4.99 Å². The molecule has 0 spiro atoms. The predicted octanol–water partition coefficient (Wildman–Crippen LogP) is 3.57. The summed E-state index contributed by atoms with van der Waals surface area (Å²) in [7, 11) is 0. The van der Waals surface area contributed by atoms with E-state index in [-0.39, 0.29) is 11.2 Å². The second kappa shape index (κ2) is 11.4. The average molecular weight is 382 g/mol. The van der Waals surface area contributed by atoms with Gasteiger partial charge in [-0.3, -0.25) is 4.99 Å². The van der Waals surface area contributed by atoms with Gasteiger partial charge in [0.1, 0.15) is 5.82 Å². The number of guanidine groups is 1. The van der Waals surface area contributed by atoms with Gasteiger partial charge >= 0.3 is 0 Å². The molecule has 0 amide bonds. The highest BCUT2D eigenvalue weighted by molar-refractivity contribution is 7.98. The van der Waals surface area contributed by atoms with E-state index in [2.05, 4.69) is 23.8 Å². The summed E-state index contributed by atoms with van der Waals surface area (Å²) in [5.41, 5.74) is 0.877. The predicted molar refractivity (Wildman–Crippen MR) is 110 cm³/mol. The molecular formula is C20H32FN3OS. The molecule has 4 nitrogen and oxygen atoms in total. The fourth-order valence-electron chi connectivity index (χ4n) is 3.27. The van der Waals surface area contributed by atoms with Crippen LogP contribution in [0.4, 0.5) is 4.39 Å². The molecule has 1 saturated heterocycles. The fourth-order valence-corrected chi connectivity index (χ4v) is 3.76. The van der Waals surface area contributed by atoms with Crippen LogP contribution in [0, 0.1) is 5.82 Å². The summed E-state index contributed by atoms with van der Waals surface area (Å²) in [5.74, 6) is 1.85. The molecule has 0 radical (unpaired) electrons. The minimum absolute atomic E-state index is 0.151. The van der Waals surface area contributed by atoms with Gasteiger partial charge < -0.3 is 15.4 Å². The molecule has 1 fully saturated rings. The quantitative estimate of drug-likeness (QED) is 0.390. The van der Waals surface area contributed by atoms with Crippen LogP contribution >= 0.6 is 11.8 Å². The minimum Gasteiger partial charge on any atom is -0.381 e. The van der Waals surface area contributed by atoms with Crippen molar-refractivity contribution in [3.8, 4) is 0 Å². The fraction of sp³-hybridized carbons (Fsp3) is 0.650. The maximum absolute atomic E-state index is 13.8. The van der Waals surface area contributed by atoms with Crippen LogP contribution in [-0.4, -0.2) is 50.8 Å². The van der Waals surface area contributed by atoms with Crippen LogP contribution in [-0.2, 0) is 10.2 Å². The lowest BCUT2D eigenvalue weighted by atomic mass is 9.74. The summed E-state index contributed by atoms with van der Waals surface area (Å²) in [6.45, 7) is 5.85. The zero-order chi connectivity index (χ0) is 18.7. The van der Waals surface area contributed by atoms with Crippen LogP contribution in [0.3, 0.4) is 0 Å². The van der Waals surface area contributed by atoms with Gasteiger partial charge in [-0.05, 0) is 62.3 Å². The zero-order valence-corrected chi connectivity index (χ0v) is 16.8. The number of rotatable bonds is 9. The normalized spacial score (nSPS) is 17.1. The van der Waals surface area contributed by atoms with Crippen molar-refractivity contribution in [1.82, 2.24) is 10.6 Å². The molecule has 0 aromatic heterocycles. The topological polar surface area (TPSA) is 45.7 Å². The number of benzene rings is 1. The number of ether oxygens (including phenoxy) is 1. The van der Waals surface area contributed by atoms with E-state index in [0.29, 0.717) is 19.8 Å². The van der Waals surface area contributed by atoms with E-state index in [4.69, 9.17) is 9.73 Å². The number of thioether (sulfide) groups is 1. The first-order chi connectivity index (χ1) is 12.7. The average Bonchev–Trinajstić information content (AvgIpc) is 2.66. The molecule has 0 unspecified atom stereocenters. The van der Waals surface area contributed by atoms with Gasteiger partial charge in [0.2, 0.25) is 0 Å². The number of nitrogens with one attached hydrogen (secondary N) is 2. The first kappa shape index (κ1) is 21.0. The van der Waals surface area contributed by atoms with Gasteiger partial charge in [0.15, 0.2) is 5.96 Å². The molecule has 0 bridgehead atoms. The van der Waals surface area contributed by atoms with Gasteiger partial charge in [-0.1, -0.05) is 12.1 Å². The first-order valence-electron chi connectivity index (χ1n) is 9.55. The van der Waals surface area contributed by atoms with E-state index in [0.717, 1.165) is 43.9 Å². The molecule has 1 heterocycles. The van der Waals surface area contributed by atoms with Crippen LogP contribution in [0.25, 0.3) is 0 Å². The van der Waals surface area contributed by atoms with Crippen LogP contribution < -0.4 is 10.6 Å². The van der Waals surface area contributed by atoms with Crippen LogP contribution in [0.15, 0.2) is 29.3 Å². The Hall–Kier alpha value is -1.27. The highest BCUT2D eigenvalue weighted by Crippen LogP contribution is 2.35.